The number of methoxy groups -OCH3 is 1. The number of aryl methyl sites for hydroxylation is 1. The molecule has 1 aliphatic rings. The zero-order valence-corrected chi connectivity index (χ0v) is 9.00. The van der Waals surface area contributed by atoms with Crippen LogP contribution in [0.5, 0.6) is 5.88 Å². The van der Waals surface area contributed by atoms with Crippen LogP contribution in [0.4, 0.5) is 0 Å². The molecule has 0 aliphatic carbocycles. The molecule has 1 aliphatic heterocycles. The van der Waals surface area contributed by atoms with Crippen molar-refractivity contribution in [1.82, 2.24) is 15.1 Å². The molecule has 1 N–H and O–H groups in total. The second-order valence-corrected chi connectivity index (χ2v) is 4.05. The largest absolute Gasteiger partial charge is 0.481 e. The first-order chi connectivity index (χ1) is 6.67. The van der Waals surface area contributed by atoms with E-state index in [1.54, 1.807) is 11.8 Å². The molecular formula is C10H17N3O. The Labute approximate surface area is 84.3 Å². The molecule has 1 aromatic heterocycles. The molecule has 2 rings (SSSR count). The summed E-state index contributed by atoms with van der Waals surface area (Å²) in [5, 5.41) is 7.73. The summed E-state index contributed by atoms with van der Waals surface area (Å²) >= 11 is 0. The molecule has 0 amide bonds. The van der Waals surface area contributed by atoms with Crippen molar-refractivity contribution in [2.75, 3.05) is 13.7 Å². The molecule has 2 heterocycles. The highest BCUT2D eigenvalue weighted by atomic mass is 16.5. The average molecular weight is 195 g/mol. The second kappa shape index (κ2) is 3.28. The Morgan fingerprint density at radius 2 is 2.43 bits per heavy atom. The Morgan fingerprint density at radius 3 is 3.00 bits per heavy atom. The summed E-state index contributed by atoms with van der Waals surface area (Å²) in [6, 6.07) is 0. The summed E-state index contributed by atoms with van der Waals surface area (Å²) in [4.78, 5) is 0. The average Bonchev–Trinajstić information content (AvgIpc) is 2.73. The van der Waals surface area contributed by atoms with E-state index in [0.717, 1.165) is 18.8 Å². The van der Waals surface area contributed by atoms with Crippen LogP contribution < -0.4 is 10.1 Å². The molecule has 4 nitrogen and oxygen atoms in total. The highest BCUT2D eigenvalue weighted by Crippen LogP contribution is 2.35. The van der Waals surface area contributed by atoms with E-state index in [4.69, 9.17) is 4.74 Å². The van der Waals surface area contributed by atoms with Crippen LogP contribution in [-0.4, -0.2) is 23.4 Å². The molecule has 1 aromatic rings. The molecule has 4 heteroatoms. The lowest BCUT2D eigenvalue weighted by molar-refractivity contribution is 0.345. The van der Waals surface area contributed by atoms with Crippen LogP contribution in [0, 0.1) is 0 Å². The molecule has 0 bridgehead atoms. The molecule has 0 aromatic carbocycles. The van der Waals surface area contributed by atoms with E-state index in [9.17, 15) is 0 Å². The maximum absolute atomic E-state index is 5.35. The highest BCUT2D eigenvalue weighted by Gasteiger charge is 2.34. The lowest BCUT2D eigenvalue weighted by Gasteiger charge is -2.23. The van der Waals surface area contributed by atoms with Crippen LogP contribution in [0.25, 0.3) is 0 Å². The van der Waals surface area contributed by atoms with Crippen molar-refractivity contribution in [3.05, 3.63) is 11.8 Å². The van der Waals surface area contributed by atoms with Gasteiger partial charge in [0.15, 0.2) is 0 Å². The highest BCUT2D eigenvalue weighted by molar-refractivity contribution is 5.32. The van der Waals surface area contributed by atoms with Crippen LogP contribution in [0.15, 0.2) is 6.20 Å². The molecule has 0 spiro atoms. The number of ether oxygens (including phenoxy) is 1. The van der Waals surface area contributed by atoms with Crippen LogP contribution >= 0.6 is 0 Å². The number of hydrogen-bond donors (Lipinski definition) is 1. The minimum Gasteiger partial charge on any atom is -0.481 e. The number of nitrogens with one attached hydrogen (secondary N) is 1. The van der Waals surface area contributed by atoms with Crippen LogP contribution in [-0.2, 0) is 12.6 Å². The van der Waals surface area contributed by atoms with Crippen LogP contribution in [0.2, 0.25) is 0 Å². The number of aromatic nitrogens is 2. The maximum atomic E-state index is 5.35. The molecule has 1 saturated heterocycles. The van der Waals surface area contributed by atoms with E-state index in [1.807, 2.05) is 13.2 Å². The summed E-state index contributed by atoms with van der Waals surface area (Å²) in [7, 11) is 3.60. The summed E-state index contributed by atoms with van der Waals surface area (Å²) in [5.41, 5.74) is 1.21. The Bertz CT molecular complexity index is 326. The fourth-order valence-electron chi connectivity index (χ4n) is 2.17. The number of nitrogens with zero attached hydrogens (tertiary/aromatic N) is 2. The Hall–Kier alpha value is -1.03. The Balaban J connectivity index is 2.39. The van der Waals surface area contributed by atoms with Gasteiger partial charge in [0.25, 0.3) is 0 Å². The Morgan fingerprint density at radius 1 is 1.64 bits per heavy atom. The van der Waals surface area contributed by atoms with Crippen LogP contribution in [0.1, 0.15) is 25.3 Å². The van der Waals surface area contributed by atoms with Crippen LogP contribution in [0.3, 0.4) is 0 Å². The molecule has 1 atom stereocenters. The molecule has 14 heavy (non-hydrogen) atoms. The number of rotatable bonds is 2. The van der Waals surface area contributed by atoms with Crippen molar-refractivity contribution in [3.8, 4) is 5.88 Å². The normalized spacial score (nSPS) is 26.8. The van der Waals surface area contributed by atoms with E-state index in [-0.39, 0.29) is 5.54 Å². The lowest BCUT2D eigenvalue weighted by Crippen LogP contribution is -2.33. The smallest absolute Gasteiger partial charge is 0.216 e. The van der Waals surface area contributed by atoms with Crippen molar-refractivity contribution < 1.29 is 4.74 Å². The standard InChI is InChI=1S/C10H17N3O/c1-10(5-4-6-11-10)8-7-12-13(2)9(8)14-3/h7,11H,4-6H2,1-3H3. The van der Waals surface area contributed by atoms with Gasteiger partial charge >= 0.3 is 0 Å². The number of hydrogen-bond acceptors (Lipinski definition) is 3. The van der Waals surface area contributed by atoms with Crippen molar-refractivity contribution >= 4 is 0 Å². The van der Waals surface area contributed by atoms with Crippen molar-refractivity contribution in [2.24, 2.45) is 7.05 Å². The molecule has 0 saturated carbocycles. The van der Waals surface area contributed by atoms with Gasteiger partial charge in [-0.15, -0.1) is 0 Å². The quantitative estimate of drug-likeness (QED) is 0.766. The Kier molecular flexibility index (Phi) is 2.23. The lowest BCUT2D eigenvalue weighted by atomic mass is 9.93. The fraction of sp³-hybridized carbons (Fsp3) is 0.700. The van der Waals surface area contributed by atoms with Gasteiger partial charge in [-0.1, -0.05) is 0 Å². The van der Waals surface area contributed by atoms with Crippen molar-refractivity contribution in [3.63, 3.8) is 0 Å². The summed E-state index contributed by atoms with van der Waals surface area (Å²) in [6.07, 6.45) is 4.26. The minimum atomic E-state index is 0.0413. The van der Waals surface area contributed by atoms with Gasteiger partial charge < -0.3 is 10.1 Å². The third-order valence-electron chi connectivity index (χ3n) is 3.04. The molecule has 1 fully saturated rings. The van der Waals surface area contributed by atoms with E-state index in [1.165, 1.54) is 12.0 Å². The van der Waals surface area contributed by atoms with E-state index in [2.05, 4.69) is 17.3 Å². The first kappa shape index (κ1) is 9.52. The third kappa shape index (κ3) is 1.30. The molecule has 0 radical (unpaired) electrons. The van der Waals surface area contributed by atoms with Gasteiger partial charge in [-0.25, -0.2) is 4.68 Å². The van der Waals surface area contributed by atoms with E-state index < -0.39 is 0 Å². The van der Waals surface area contributed by atoms with Gasteiger partial charge in [-0.3, -0.25) is 0 Å². The monoisotopic (exact) mass is 195 g/mol. The maximum Gasteiger partial charge on any atom is 0.216 e. The minimum absolute atomic E-state index is 0.0413. The first-order valence-corrected chi connectivity index (χ1v) is 4.99. The predicted octanol–water partition coefficient (Wildman–Crippen LogP) is 1.03. The SMILES string of the molecule is COc1c(C2(C)CCCN2)cnn1C. The zero-order valence-electron chi connectivity index (χ0n) is 9.00. The van der Waals surface area contributed by atoms with E-state index in [0.29, 0.717) is 0 Å². The summed E-state index contributed by atoms with van der Waals surface area (Å²) < 4.78 is 7.13. The zero-order chi connectivity index (χ0) is 10.2. The van der Waals surface area contributed by atoms with Gasteiger partial charge in [0.05, 0.1) is 18.9 Å². The van der Waals surface area contributed by atoms with Gasteiger partial charge in [0.1, 0.15) is 0 Å². The molecule has 78 valence electrons. The summed E-state index contributed by atoms with van der Waals surface area (Å²) in [6.45, 7) is 3.29. The van der Waals surface area contributed by atoms with Gasteiger partial charge in [0, 0.05) is 12.6 Å². The predicted molar refractivity (Wildman–Crippen MR) is 54.3 cm³/mol. The molecule has 1 unspecified atom stereocenters. The topological polar surface area (TPSA) is 39.1 Å². The third-order valence-corrected chi connectivity index (χ3v) is 3.04. The first-order valence-electron chi connectivity index (χ1n) is 4.99. The molecular weight excluding hydrogens is 178 g/mol. The second-order valence-electron chi connectivity index (χ2n) is 4.05. The van der Waals surface area contributed by atoms with Gasteiger partial charge in [0.2, 0.25) is 5.88 Å². The van der Waals surface area contributed by atoms with Gasteiger partial charge in [-0.05, 0) is 26.3 Å². The van der Waals surface area contributed by atoms with Crippen molar-refractivity contribution in [1.29, 1.82) is 0 Å². The summed E-state index contributed by atoms with van der Waals surface area (Å²) in [5.74, 6) is 0.863. The van der Waals surface area contributed by atoms with E-state index >= 15 is 0 Å². The van der Waals surface area contributed by atoms with Gasteiger partial charge in [-0.2, -0.15) is 5.10 Å². The fourth-order valence-corrected chi connectivity index (χ4v) is 2.17. The van der Waals surface area contributed by atoms with Crippen molar-refractivity contribution in [2.45, 2.75) is 25.3 Å².